The highest BCUT2D eigenvalue weighted by atomic mass is 32.2. The van der Waals surface area contributed by atoms with Crippen LogP contribution in [0.2, 0.25) is 0 Å². The van der Waals surface area contributed by atoms with Gasteiger partial charge in [0.05, 0.1) is 10.6 Å². The van der Waals surface area contributed by atoms with Crippen molar-refractivity contribution in [1.29, 1.82) is 0 Å². The monoisotopic (exact) mass is 434 g/mol. The summed E-state index contributed by atoms with van der Waals surface area (Å²) in [4.78, 5) is 18.8. The molecular formula is C20H26N4O3S2. The van der Waals surface area contributed by atoms with Crippen molar-refractivity contribution in [2.24, 2.45) is 7.05 Å². The number of rotatable bonds is 5. The second-order valence-electron chi connectivity index (χ2n) is 7.53. The normalized spacial score (nSPS) is 17.9. The molecule has 1 saturated heterocycles. The summed E-state index contributed by atoms with van der Waals surface area (Å²) in [5.74, 6) is 0.325. The van der Waals surface area contributed by atoms with E-state index in [-0.39, 0.29) is 5.91 Å². The summed E-state index contributed by atoms with van der Waals surface area (Å²) in [5, 5.41) is 0.798. The molecule has 1 aliphatic heterocycles. The van der Waals surface area contributed by atoms with Gasteiger partial charge in [0.1, 0.15) is 0 Å². The first-order chi connectivity index (χ1) is 13.9. The third-order valence-corrected chi connectivity index (χ3v) is 8.59. The van der Waals surface area contributed by atoms with Crippen LogP contribution in [0.4, 0.5) is 0 Å². The van der Waals surface area contributed by atoms with E-state index in [4.69, 9.17) is 0 Å². The van der Waals surface area contributed by atoms with Gasteiger partial charge in [0.2, 0.25) is 15.9 Å². The zero-order valence-electron chi connectivity index (χ0n) is 16.6. The molecule has 2 aromatic rings. The van der Waals surface area contributed by atoms with E-state index in [2.05, 4.69) is 4.98 Å². The number of hydrogen-bond donors (Lipinski definition) is 0. The molecule has 1 aliphatic carbocycles. The fourth-order valence-corrected chi connectivity index (χ4v) is 6.21. The molecule has 0 radical (unpaired) electrons. The molecule has 4 rings (SSSR count). The van der Waals surface area contributed by atoms with Crippen LogP contribution in [0.1, 0.15) is 24.0 Å². The summed E-state index contributed by atoms with van der Waals surface area (Å²) in [6.45, 7) is 1.50. The zero-order valence-corrected chi connectivity index (χ0v) is 18.2. The highest BCUT2D eigenvalue weighted by Crippen LogP contribution is 2.26. The van der Waals surface area contributed by atoms with Crippen molar-refractivity contribution in [3.63, 3.8) is 0 Å². The van der Waals surface area contributed by atoms with Gasteiger partial charge in [-0.3, -0.25) is 4.79 Å². The van der Waals surface area contributed by atoms with Crippen LogP contribution in [0.25, 0.3) is 0 Å². The Morgan fingerprint density at radius 2 is 1.83 bits per heavy atom. The molecule has 0 atom stereocenters. The van der Waals surface area contributed by atoms with Crippen LogP contribution in [-0.4, -0.2) is 65.0 Å². The number of piperazine rings is 1. The Labute approximate surface area is 176 Å². The van der Waals surface area contributed by atoms with Gasteiger partial charge in [0, 0.05) is 45.6 Å². The van der Waals surface area contributed by atoms with Crippen LogP contribution >= 0.6 is 11.8 Å². The minimum absolute atomic E-state index is 0.0174. The van der Waals surface area contributed by atoms with Gasteiger partial charge in [-0.25, -0.2) is 13.4 Å². The lowest BCUT2D eigenvalue weighted by atomic mass is 9.92. The number of sulfonamides is 1. The Balaban J connectivity index is 1.36. The lowest BCUT2D eigenvalue weighted by molar-refractivity contribution is -0.129. The minimum atomic E-state index is -3.52. The van der Waals surface area contributed by atoms with Gasteiger partial charge in [-0.1, -0.05) is 17.8 Å². The molecule has 2 aliphatic rings. The smallest absolute Gasteiger partial charge is 0.243 e. The summed E-state index contributed by atoms with van der Waals surface area (Å²) < 4.78 is 29.5. The van der Waals surface area contributed by atoms with Crippen molar-refractivity contribution in [2.45, 2.75) is 35.7 Å². The van der Waals surface area contributed by atoms with Crippen molar-refractivity contribution >= 4 is 27.7 Å². The third kappa shape index (κ3) is 4.36. The second-order valence-corrected chi connectivity index (χ2v) is 10.4. The Morgan fingerprint density at radius 3 is 2.52 bits per heavy atom. The highest BCUT2D eigenvalue weighted by Gasteiger charge is 2.30. The predicted octanol–water partition coefficient (Wildman–Crippen LogP) is 1.92. The van der Waals surface area contributed by atoms with Crippen molar-refractivity contribution in [2.75, 3.05) is 31.9 Å². The summed E-state index contributed by atoms with van der Waals surface area (Å²) >= 11 is 1.40. The molecule has 1 fully saturated rings. The van der Waals surface area contributed by atoms with E-state index in [1.807, 2.05) is 29.9 Å². The number of thioether (sulfide) groups is 1. The van der Waals surface area contributed by atoms with Gasteiger partial charge in [-0.2, -0.15) is 4.31 Å². The fourth-order valence-electron chi connectivity index (χ4n) is 3.91. The molecule has 1 amide bonds. The number of aromatic nitrogens is 2. The molecule has 0 unspecified atom stereocenters. The first kappa shape index (κ1) is 20.4. The zero-order chi connectivity index (χ0) is 20.4. The maximum atomic E-state index is 13.1. The van der Waals surface area contributed by atoms with Crippen LogP contribution in [0.3, 0.4) is 0 Å². The SMILES string of the molecule is Cn1ccnc1SCC(=O)N1CCN(S(=O)(=O)c2ccc3c(c2)CCCC3)CC1. The molecule has 0 N–H and O–H groups in total. The molecule has 0 bridgehead atoms. The van der Waals surface area contributed by atoms with Gasteiger partial charge in [0.15, 0.2) is 5.16 Å². The first-order valence-corrected chi connectivity index (χ1v) is 12.4. The topological polar surface area (TPSA) is 75.5 Å². The molecular weight excluding hydrogens is 408 g/mol. The van der Waals surface area contributed by atoms with Gasteiger partial charge in [-0.05, 0) is 48.9 Å². The van der Waals surface area contributed by atoms with Crippen LogP contribution in [0.15, 0.2) is 40.6 Å². The lowest BCUT2D eigenvalue weighted by Gasteiger charge is -2.34. The molecule has 0 saturated carbocycles. The Hall–Kier alpha value is -1.84. The Morgan fingerprint density at radius 1 is 1.10 bits per heavy atom. The quantitative estimate of drug-likeness (QED) is 0.672. The second kappa shape index (κ2) is 8.49. The van der Waals surface area contributed by atoms with Crippen LogP contribution in [-0.2, 0) is 34.7 Å². The summed E-state index contributed by atoms with van der Waals surface area (Å²) in [5.41, 5.74) is 2.44. The number of fused-ring (bicyclic) bond motifs is 1. The van der Waals surface area contributed by atoms with Gasteiger partial charge >= 0.3 is 0 Å². The summed E-state index contributed by atoms with van der Waals surface area (Å²) in [6.07, 6.45) is 7.83. The standard InChI is InChI=1S/C20H26N4O3S2/c1-22-9-8-21-20(22)28-15-19(25)23-10-12-24(13-11-23)29(26,27)18-7-6-16-4-2-3-5-17(16)14-18/h6-9,14H,2-5,10-13,15H2,1H3. The van der Waals surface area contributed by atoms with Gasteiger partial charge in [0.25, 0.3) is 0 Å². The number of carbonyl (C=O) groups is 1. The van der Waals surface area contributed by atoms with Crippen molar-refractivity contribution in [3.05, 3.63) is 41.7 Å². The summed E-state index contributed by atoms with van der Waals surface area (Å²) in [7, 11) is -1.63. The Bertz CT molecular complexity index is 995. The molecule has 2 heterocycles. The number of carbonyl (C=O) groups excluding carboxylic acids is 1. The van der Waals surface area contributed by atoms with E-state index in [9.17, 15) is 13.2 Å². The predicted molar refractivity (Wildman–Crippen MR) is 112 cm³/mol. The van der Waals surface area contributed by atoms with E-state index in [0.717, 1.165) is 30.0 Å². The first-order valence-electron chi connectivity index (χ1n) is 9.95. The maximum absolute atomic E-state index is 13.1. The number of aryl methyl sites for hydroxylation is 3. The highest BCUT2D eigenvalue weighted by molar-refractivity contribution is 7.99. The largest absolute Gasteiger partial charge is 0.339 e. The average molecular weight is 435 g/mol. The molecule has 7 nitrogen and oxygen atoms in total. The van der Waals surface area contributed by atoms with E-state index in [1.54, 1.807) is 17.2 Å². The van der Waals surface area contributed by atoms with Crippen molar-refractivity contribution in [1.82, 2.24) is 18.8 Å². The van der Waals surface area contributed by atoms with E-state index < -0.39 is 10.0 Å². The number of hydrogen-bond acceptors (Lipinski definition) is 5. The van der Waals surface area contributed by atoms with Crippen molar-refractivity contribution in [3.8, 4) is 0 Å². The van der Waals surface area contributed by atoms with Crippen LogP contribution in [0, 0.1) is 0 Å². The number of imidazole rings is 1. The molecule has 1 aromatic heterocycles. The molecule has 29 heavy (non-hydrogen) atoms. The van der Waals surface area contributed by atoms with E-state index >= 15 is 0 Å². The molecule has 9 heteroatoms. The number of benzene rings is 1. The van der Waals surface area contributed by atoms with Crippen LogP contribution < -0.4 is 0 Å². The third-order valence-electron chi connectivity index (χ3n) is 5.65. The fraction of sp³-hybridized carbons (Fsp3) is 0.500. The lowest BCUT2D eigenvalue weighted by Crippen LogP contribution is -2.51. The average Bonchev–Trinajstić information content (AvgIpc) is 3.16. The molecule has 0 spiro atoms. The number of amides is 1. The minimum Gasteiger partial charge on any atom is -0.339 e. The van der Waals surface area contributed by atoms with Gasteiger partial charge in [-0.15, -0.1) is 0 Å². The van der Waals surface area contributed by atoms with Crippen LogP contribution in [0.5, 0.6) is 0 Å². The van der Waals surface area contributed by atoms with Gasteiger partial charge < -0.3 is 9.47 Å². The number of nitrogens with zero attached hydrogens (tertiary/aromatic N) is 4. The van der Waals surface area contributed by atoms with Crippen molar-refractivity contribution < 1.29 is 13.2 Å². The summed E-state index contributed by atoms with van der Waals surface area (Å²) in [6, 6.07) is 5.56. The molecule has 1 aromatic carbocycles. The Kier molecular flexibility index (Phi) is 5.98. The maximum Gasteiger partial charge on any atom is 0.243 e. The van der Waals surface area contributed by atoms with E-state index in [1.165, 1.54) is 28.1 Å². The van der Waals surface area contributed by atoms with E-state index in [0.29, 0.717) is 36.8 Å². The molecule has 156 valence electrons.